The smallest absolute Gasteiger partial charge is 0.253 e. The molecule has 1 aromatic carbocycles. The highest BCUT2D eigenvalue weighted by molar-refractivity contribution is 14.1. The number of halogens is 2. The molecule has 2 amide bonds. The van der Waals surface area contributed by atoms with Crippen LogP contribution in [0.4, 0.5) is 4.39 Å². The summed E-state index contributed by atoms with van der Waals surface area (Å²) < 4.78 is 13.8. The Labute approximate surface area is 156 Å². The topological polar surface area (TPSA) is 58.2 Å². The summed E-state index contributed by atoms with van der Waals surface area (Å²) in [7, 11) is 0. The lowest BCUT2D eigenvalue weighted by molar-refractivity contribution is -0.128. The van der Waals surface area contributed by atoms with Crippen LogP contribution < -0.4 is 10.6 Å². The zero-order valence-electron chi connectivity index (χ0n) is 14.0. The Balaban J connectivity index is 2.15. The maximum absolute atomic E-state index is 13.2. The number of unbranched alkanes of at least 4 members (excludes halogenated alkanes) is 1. The summed E-state index contributed by atoms with van der Waals surface area (Å²) in [4.78, 5) is 25.4. The van der Waals surface area contributed by atoms with Crippen LogP contribution in [0.3, 0.4) is 0 Å². The van der Waals surface area contributed by atoms with Crippen LogP contribution in [0.25, 0.3) is 0 Å². The third-order valence-corrected chi connectivity index (χ3v) is 5.38. The van der Waals surface area contributed by atoms with Crippen molar-refractivity contribution < 1.29 is 14.0 Å². The Morgan fingerprint density at radius 2 is 1.96 bits per heavy atom. The number of carbonyl (C=O) groups excluding carboxylic acids is 2. The second-order valence-corrected chi connectivity index (χ2v) is 7.49. The van der Waals surface area contributed by atoms with Gasteiger partial charge < -0.3 is 10.6 Å². The highest BCUT2D eigenvalue weighted by Crippen LogP contribution is 2.29. The van der Waals surface area contributed by atoms with Gasteiger partial charge in [-0.25, -0.2) is 4.39 Å². The van der Waals surface area contributed by atoms with Crippen LogP contribution in [-0.2, 0) is 4.79 Å². The first-order chi connectivity index (χ1) is 11.5. The van der Waals surface area contributed by atoms with Crippen molar-refractivity contribution in [1.29, 1.82) is 0 Å². The molecule has 1 aromatic rings. The molecule has 1 aliphatic carbocycles. The van der Waals surface area contributed by atoms with Crippen molar-refractivity contribution in [1.82, 2.24) is 10.6 Å². The average molecular weight is 446 g/mol. The number of benzene rings is 1. The van der Waals surface area contributed by atoms with Crippen LogP contribution in [-0.4, -0.2) is 23.9 Å². The van der Waals surface area contributed by atoms with Crippen LogP contribution in [0.5, 0.6) is 0 Å². The lowest BCUT2D eigenvalue weighted by Crippen LogP contribution is -2.59. The third kappa shape index (κ3) is 4.68. The van der Waals surface area contributed by atoms with Gasteiger partial charge in [0.1, 0.15) is 11.4 Å². The van der Waals surface area contributed by atoms with Crippen molar-refractivity contribution in [2.24, 2.45) is 0 Å². The lowest BCUT2D eigenvalue weighted by Gasteiger charge is -2.36. The van der Waals surface area contributed by atoms with Gasteiger partial charge in [-0.1, -0.05) is 32.6 Å². The van der Waals surface area contributed by atoms with Gasteiger partial charge in [0.25, 0.3) is 5.91 Å². The first-order valence-corrected chi connectivity index (χ1v) is 9.62. The lowest BCUT2D eigenvalue weighted by atomic mass is 9.80. The molecule has 1 saturated carbocycles. The standard InChI is InChI=1S/C18H24FIN2O2/c1-2-3-11-21-17(24)18(9-5-4-6-10-18)22-16(23)14-8-7-13(19)12-15(14)20/h7-8,12H,2-6,9-11H2,1H3,(H,21,24)(H,22,23). The van der Waals surface area contributed by atoms with Crippen LogP contribution in [0, 0.1) is 9.39 Å². The highest BCUT2D eigenvalue weighted by Gasteiger charge is 2.40. The SMILES string of the molecule is CCCCNC(=O)C1(NC(=O)c2ccc(F)cc2I)CCCCC1. The molecule has 6 heteroatoms. The zero-order chi connectivity index (χ0) is 17.6. The number of rotatable bonds is 6. The Morgan fingerprint density at radius 1 is 1.25 bits per heavy atom. The van der Waals surface area contributed by atoms with Crippen molar-refractivity contribution in [2.75, 3.05) is 6.54 Å². The summed E-state index contributed by atoms with van der Waals surface area (Å²) in [6.07, 6.45) is 6.14. The summed E-state index contributed by atoms with van der Waals surface area (Å²) in [6.45, 7) is 2.70. The van der Waals surface area contributed by atoms with Crippen LogP contribution in [0.2, 0.25) is 0 Å². The molecule has 132 valence electrons. The molecule has 1 fully saturated rings. The molecule has 0 unspecified atom stereocenters. The van der Waals surface area contributed by atoms with E-state index < -0.39 is 5.54 Å². The van der Waals surface area contributed by atoms with Crippen molar-refractivity contribution in [3.63, 3.8) is 0 Å². The molecule has 2 rings (SSSR count). The van der Waals surface area contributed by atoms with E-state index in [2.05, 4.69) is 17.6 Å². The Bertz CT molecular complexity index is 601. The average Bonchev–Trinajstić information content (AvgIpc) is 2.55. The van der Waals surface area contributed by atoms with Gasteiger partial charge in [0.05, 0.1) is 5.56 Å². The third-order valence-electron chi connectivity index (χ3n) is 4.49. The van der Waals surface area contributed by atoms with E-state index in [4.69, 9.17) is 0 Å². The molecule has 0 atom stereocenters. The van der Waals surface area contributed by atoms with E-state index in [0.29, 0.717) is 28.5 Å². The van der Waals surface area contributed by atoms with Crippen molar-refractivity contribution in [3.05, 3.63) is 33.1 Å². The predicted molar refractivity (Wildman–Crippen MR) is 100 cm³/mol. The molecule has 0 heterocycles. The second kappa shape index (κ2) is 8.78. The van der Waals surface area contributed by atoms with Crippen molar-refractivity contribution >= 4 is 34.4 Å². The summed E-state index contributed by atoms with van der Waals surface area (Å²) >= 11 is 1.94. The molecule has 2 N–H and O–H groups in total. The summed E-state index contributed by atoms with van der Waals surface area (Å²) in [5.74, 6) is -0.784. The molecular weight excluding hydrogens is 422 g/mol. The number of carbonyl (C=O) groups is 2. The van der Waals surface area contributed by atoms with E-state index in [1.807, 2.05) is 22.6 Å². The number of nitrogens with one attached hydrogen (secondary N) is 2. The molecule has 0 spiro atoms. The number of hydrogen-bond donors (Lipinski definition) is 2. The first kappa shape index (κ1) is 19.1. The minimum Gasteiger partial charge on any atom is -0.354 e. The molecular formula is C18H24FIN2O2. The maximum atomic E-state index is 13.2. The van der Waals surface area contributed by atoms with E-state index >= 15 is 0 Å². The normalized spacial score (nSPS) is 16.5. The van der Waals surface area contributed by atoms with Crippen molar-refractivity contribution in [3.8, 4) is 0 Å². The van der Waals surface area contributed by atoms with Crippen LogP contribution in [0.1, 0.15) is 62.2 Å². The van der Waals surface area contributed by atoms with E-state index in [-0.39, 0.29) is 17.6 Å². The summed E-state index contributed by atoms with van der Waals surface area (Å²) in [5.41, 5.74) is -0.441. The summed E-state index contributed by atoms with van der Waals surface area (Å²) in [6, 6.07) is 4.06. The van der Waals surface area contributed by atoms with E-state index in [1.165, 1.54) is 18.2 Å². The van der Waals surface area contributed by atoms with Gasteiger partial charge in [0, 0.05) is 10.1 Å². The van der Waals surface area contributed by atoms with Gasteiger partial charge >= 0.3 is 0 Å². The predicted octanol–water partition coefficient (Wildman–Crippen LogP) is 3.78. The van der Waals surface area contributed by atoms with Gasteiger partial charge in [0.15, 0.2) is 0 Å². The van der Waals surface area contributed by atoms with Gasteiger partial charge in [-0.05, 0) is 60.1 Å². The fourth-order valence-electron chi connectivity index (χ4n) is 3.07. The highest BCUT2D eigenvalue weighted by atomic mass is 127. The fraction of sp³-hybridized carbons (Fsp3) is 0.556. The molecule has 4 nitrogen and oxygen atoms in total. The monoisotopic (exact) mass is 446 g/mol. The molecule has 0 radical (unpaired) electrons. The van der Waals surface area contributed by atoms with Gasteiger partial charge in [-0.3, -0.25) is 9.59 Å². The minimum atomic E-state index is -0.847. The van der Waals surface area contributed by atoms with Gasteiger partial charge in [0.2, 0.25) is 5.91 Å². The second-order valence-electron chi connectivity index (χ2n) is 6.33. The number of amides is 2. The Morgan fingerprint density at radius 3 is 2.58 bits per heavy atom. The zero-order valence-corrected chi connectivity index (χ0v) is 16.1. The molecule has 24 heavy (non-hydrogen) atoms. The quantitative estimate of drug-likeness (QED) is 0.516. The van der Waals surface area contributed by atoms with Crippen molar-refractivity contribution in [2.45, 2.75) is 57.4 Å². The van der Waals surface area contributed by atoms with E-state index in [0.717, 1.165) is 32.1 Å². The van der Waals surface area contributed by atoms with Gasteiger partial charge in [-0.2, -0.15) is 0 Å². The first-order valence-electron chi connectivity index (χ1n) is 8.54. The number of hydrogen-bond acceptors (Lipinski definition) is 2. The fourth-order valence-corrected chi connectivity index (χ4v) is 3.79. The van der Waals surface area contributed by atoms with Gasteiger partial charge in [-0.15, -0.1) is 0 Å². The Hall–Kier alpha value is -1.18. The van der Waals surface area contributed by atoms with E-state index in [1.54, 1.807) is 0 Å². The molecule has 0 bridgehead atoms. The Kier molecular flexibility index (Phi) is 7.01. The maximum Gasteiger partial charge on any atom is 0.253 e. The largest absolute Gasteiger partial charge is 0.354 e. The van der Waals surface area contributed by atoms with Crippen LogP contribution in [0.15, 0.2) is 18.2 Å². The molecule has 0 aliphatic heterocycles. The molecule has 0 saturated heterocycles. The molecule has 1 aliphatic rings. The van der Waals surface area contributed by atoms with Crippen LogP contribution >= 0.6 is 22.6 Å². The van der Waals surface area contributed by atoms with E-state index in [9.17, 15) is 14.0 Å². The summed E-state index contributed by atoms with van der Waals surface area (Å²) in [5, 5.41) is 5.92. The molecule has 0 aromatic heterocycles. The minimum absolute atomic E-state index is 0.0962.